The van der Waals surface area contributed by atoms with Crippen molar-refractivity contribution in [2.75, 3.05) is 6.54 Å². The van der Waals surface area contributed by atoms with Crippen LogP contribution in [0.25, 0.3) is 0 Å². The van der Waals surface area contributed by atoms with Crippen LogP contribution in [0.15, 0.2) is 53.1 Å². The van der Waals surface area contributed by atoms with Gasteiger partial charge < -0.3 is 9.52 Å². The highest BCUT2D eigenvalue weighted by Gasteiger charge is 2.36. The Morgan fingerprint density at radius 2 is 2.00 bits per heavy atom. The van der Waals surface area contributed by atoms with Gasteiger partial charge in [0.2, 0.25) is 0 Å². The van der Waals surface area contributed by atoms with Crippen molar-refractivity contribution < 1.29 is 14.3 Å². The molecule has 0 bridgehead atoms. The first-order valence-corrected chi connectivity index (χ1v) is 7.31. The normalized spacial score (nSPS) is 16.0. The van der Waals surface area contributed by atoms with Gasteiger partial charge in [0, 0.05) is 12.6 Å². The van der Waals surface area contributed by atoms with Gasteiger partial charge in [-0.15, -0.1) is 0 Å². The third-order valence-corrected chi connectivity index (χ3v) is 3.86. The van der Waals surface area contributed by atoms with Crippen molar-refractivity contribution in [3.63, 3.8) is 0 Å². The fourth-order valence-corrected chi connectivity index (χ4v) is 2.75. The Kier molecular flexibility index (Phi) is 4.06. The van der Waals surface area contributed by atoms with Gasteiger partial charge in [0.05, 0.1) is 18.7 Å². The van der Waals surface area contributed by atoms with Gasteiger partial charge in [-0.3, -0.25) is 9.69 Å². The van der Waals surface area contributed by atoms with Crippen molar-refractivity contribution in [1.29, 1.82) is 0 Å². The predicted octanol–water partition coefficient (Wildman–Crippen LogP) is 3.31. The van der Waals surface area contributed by atoms with Crippen molar-refractivity contribution in [3.8, 4) is 0 Å². The third kappa shape index (κ3) is 3.34. The van der Waals surface area contributed by atoms with Crippen LogP contribution in [0.3, 0.4) is 0 Å². The summed E-state index contributed by atoms with van der Waals surface area (Å²) in [4.78, 5) is 13.2. The van der Waals surface area contributed by atoms with Crippen molar-refractivity contribution in [3.05, 3.63) is 60.1 Å². The highest BCUT2D eigenvalue weighted by Crippen LogP contribution is 2.38. The van der Waals surface area contributed by atoms with Crippen molar-refractivity contribution in [2.45, 2.75) is 31.3 Å². The number of aliphatic carboxylic acids is 1. The molecule has 0 amide bonds. The number of benzene rings is 1. The highest BCUT2D eigenvalue weighted by atomic mass is 16.4. The molecule has 1 heterocycles. The van der Waals surface area contributed by atoms with Crippen LogP contribution in [0, 0.1) is 0 Å². The summed E-state index contributed by atoms with van der Waals surface area (Å²) < 4.78 is 5.63. The molecule has 1 aromatic heterocycles. The summed E-state index contributed by atoms with van der Waals surface area (Å²) in [5.41, 5.74) is 1.14. The van der Waals surface area contributed by atoms with E-state index in [1.165, 1.54) is 0 Å². The maximum atomic E-state index is 10.9. The minimum absolute atomic E-state index is 0.00644. The second kappa shape index (κ2) is 6.14. The Morgan fingerprint density at radius 3 is 2.57 bits per heavy atom. The molecule has 0 aliphatic heterocycles. The average molecular weight is 285 g/mol. The van der Waals surface area contributed by atoms with Gasteiger partial charge >= 0.3 is 5.97 Å². The number of carboxylic acid groups (broad SMARTS) is 1. The Bertz CT molecular complexity index is 575. The number of furan rings is 1. The van der Waals surface area contributed by atoms with Crippen LogP contribution in [0.1, 0.15) is 36.6 Å². The SMILES string of the molecule is O=C(O)CCN(C1CC1)C(c1ccccc1)c1ccco1. The summed E-state index contributed by atoms with van der Waals surface area (Å²) in [6, 6.07) is 14.4. The second-order valence-corrected chi connectivity index (χ2v) is 5.44. The summed E-state index contributed by atoms with van der Waals surface area (Å²) in [5, 5.41) is 9.00. The maximum Gasteiger partial charge on any atom is 0.304 e. The van der Waals surface area contributed by atoms with Crippen LogP contribution >= 0.6 is 0 Å². The minimum Gasteiger partial charge on any atom is -0.481 e. The zero-order chi connectivity index (χ0) is 14.7. The van der Waals surface area contributed by atoms with Gasteiger partial charge in [-0.05, 0) is 30.5 Å². The molecule has 0 spiro atoms. The largest absolute Gasteiger partial charge is 0.481 e. The van der Waals surface area contributed by atoms with Crippen LogP contribution < -0.4 is 0 Å². The lowest BCUT2D eigenvalue weighted by Crippen LogP contribution is -2.33. The van der Waals surface area contributed by atoms with Gasteiger partial charge in [0.25, 0.3) is 0 Å². The Balaban J connectivity index is 1.91. The summed E-state index contributed by atoms with van der Waals surface area (Å²) in [6.45, 7) is 0.542. The van der Waals surface area contributed by atoms with E-state index < -0.39 is 5.97 Å². The molecule has 1 N–H and O–H groups in total. The molecule has 1 aromatic carbocycles. The fraction of sp³-hybridized carbons (Fsp3) is 0.353. The molecule has 1 aliphatic carbocycles. The van der Waals surface area contributed by atoms with E-state index in [0.717, 1.165) is 24.2 Å². The number of hydrogen-bond donors (Lipinski definition) is 1. The third-order valence-electron chi connectivity index (χ3n) is 3.86. The number of carboxylic acids is 1. The quantitative estimate of drug-likeness (QED) is 0.848. The maximum absolute atomic E-state index is 10.9. The van der Waals surface area contributed by atoms with E-state index >= 15 is 0 Å². The molecule has 110 valence electrons. The topological polar surface area (TPSA) is 53.7 Å². The fourth-order valence-electron chi connectivity index (χ4n) is 2.75. The second-order valence-electron chi connectivity index (χ2n) is 5.44. The molecular formula is C17H19NO3. The van der Waals surface area contributed by atoms with Crippen LogP contribution in [0.5, 0.6) is 0 Å². The van der Waals surface area contributed by atoms with E-state index in [1.807, 2.05) is 30.3 Å². The molecule has 21 heavy (non-hydrogen) atoms. The number of nitrogens with zero attached hydrogens (tertiary/aromatic N) is 1. The molecule has 4 heteroatoms. The first-order chi connectivity index (χ1) is 10.3. The van der Waals surface area contributed by atoms with Gasteiger partial charge in [-0.1, -0.05) is 30.3 Å². The van der Waals surface area contributed by atoms with Gasteiger partial charge in [-0.2, -0.15) is 0 Å². The van der Waals surface area contributed by atoms with Crippen LogP contribution in [-0.2, 0) is 4.79 Å². The first-order valence-electron chi connectivity index (χ1n) is 7.31. The molecule has 1 atom stereocenters. The lowest BCUT2D eigenvalue weighted by molar-refractivity contribution is -0.137. The zero-order valence-corrected chi connectivity index (χ0v) is 11.8. The van der Waals surface area contributed by atoms with Crippen molar-refractivity contribution >= 4 is 5.97 Å². The number of rotatable bonds is 7. The standard InChI is InChI=1S/C17H19NO3/c19-16(20)10-11-18(14-8-9-14)17(15-7-4-12-21-15)13-5-2-1-3-6-13/h1-7,12,14,17H,8-11H2,(H,19,20). The van der Waals surface area contributed by atoms with Gasteiger partial charge in [-0.25, -0.2) is 0 Å². The van der Waals surface area contributed by atoms with Crippen molar-refractivity contribution in [1.82, 2.24) is 4.90 Å². The van der Waals surface area contributed by atoms with Crippen LogP contribution in [0.2, 0.25) is 0 Å². The van der Waals surface area contributed by atoms with Gasteiger partial charge in [0.15, 0.2) is 0 Å². The monoisotopic (exact) mass is 285 g/mol. The number of hydrogen-bond acceptors (Lipinski definition) is 3. The van der Waals surface area contributed by atoms with E-state index in [1.54, 1.807) is 6.26 Å². The molecular weight excluding hydrogens is 266 g/mol. The Labute approximate surface area is 124 Å². The minimum atomic E-state index is -0.757. The predicted molar refractivity (Wildman–Crippen MR) is 79.0 cm³/mol. The summed E-state index contributed by atoms with van der Waals surface area (Å²) in [6.07, 6.45) is 4.08. The van der Waals surface area contributed by atoms with Crippen molar-refractivity contribution in [2.24, 2.45) is 0 Å². The summed E-state index contributed by atoms with van der Waals surface area (Å²) in [7, 11) is 0. The summed E-state index contributed by atoms with van der Waals surface area (Å²) in [5.74, 6) is 0.116. The Morgan fingerprint density at radius 1 is 1.24 bits per heavy atom. The molecule has 1 saturated carbocycles. The van der Waals surface area contributed by atoms with Gasteiger partial charge in [0.1, 0.15) is 5.76 Å². The molecule has 3 rings (SSSR count). The molecule has 2 aromatic rings. The number of carbonyl (C=O) groups is 1. The molecule has 0 saturated heterocycles. The molecule has 4 nitrogen and oxygen atoms in total. The molecule has 1 aliphatic rings. The molecule has 0 radical (unpaired) electrons. The average Bonchev–Trinajstić information content (AvgIpc) is 3.19. The smallest absolute Gasteiger partial charge is 0.304 e. The molecule has 1 fully saturated rings. The van der Waals surface area contributed by atoms with Crippen LogP contribution in [0.4, 0.5) is 0 Å². The van der Waals surface area contributed by atoms with E-state index in [9.17, 15) is 4.79 Å². The van der Waals surface area contributed by atoms with E-state index in [2.05, 4.69) is 17.0 Å². The van der Waals surface area contributed by atoms with Crippen LogP contribution in [-0.4, -0.2) is 28.6 Å². The zero-order valence-electron chi connectivity index (χ0n) is 11.8. The lowest BCUT2D eigenvalue weighted by Gasteiger charge is -2.30. The van der Waals surface area contributed by atoms with E-state index in [-0.39, 0.29) is 12.5 Å². The Hall–Kier alpha value is -2.07. The first kappa shape index (κ1) is 13.9. The molecule has 1 unspecified atom stereocenters. The highest BCUT2D eigenvalue weighted by molar-refractivity contribution is 5.66. The lowest BCUT2D eigenvalue weighted by atomic mass is 10.0. The summed E-state index contributed by atoms with van der Waals surface area (Å²) >= 11 is 0. The van der Waals surface area contributed by atoms with E-state index in [4.69, 9.17) is 9.52 Å². The van der Waals surface area contributed by atoms with E-state index in [0.29, 0.717) is 12.6 Å².